The predicted octanol–water partition coefficient (Wildman–Crippen LogP) is 1.91. The molecule has 0 amide bonds. The van der Waals surface area contributed by atoms with Crippen LogP contribution < -0.4 is 4.90 Å². The Morgan fingerprint density at radius 1 is 1.38 bits per heavy atom. The van der Waals surface area contributed by atoms with Gasteiger partial charge in [0.05, 0.1) is 17.2 Å². The van der Waals surface area contributed by atoms with Gasteiger partial charge in [-0.3, -0.25) is 0 Å². The third-order valence-electron chi connectivity index (χ3n) is 3.18. The summed E-state index contributed by atoms with van der Waals surface area (Å²) in [6, 6.07) is 9.78. The van der Waals surface area contributed by atoms with E-state index in [9.17, 15) is 5.11 Å². The zero-order chi connectivity index (χ0) is 11.6. The summed E-state index contributed by atoms with van der Waals surface area (Å²) in [5.74, 6) is 0. The molecule has 3 heteroatoms. The van der Waals surface area contributed by atoms with Crippen LogP contribution in [0.3, 0.4) is 0 Å². The van der Waals surface area contributed by atoms with Gasteiger partial charge in [-0.1, -0.05) is 6.07 Å². The number of aliphatic hydroxyl groups is 1. The van der Waals surface area contributed by atoms with Gasteiger partial charge in [0.25, 0.3) is 0 Å². The molecule has 3 nitrogen and oxygen atoms in total. The van der Waals surface area contributed by atoms with Crippen LogP contribution >= 0.6 is 0 Å². The van der Waals surface area contributed by atoms with Crippen LogP contribution in [0, 0.1) is 11.3 Å². The quantitative estimate of drug-likeness (QED) is 0.780. The van der Waals surface area contributed by atoms with Crippen molar-refractivity contribution in [2.24, 2.45) is 0 Å². The zero-order valence-corrected chi connectivity index (χ0v) is 9.48. The highest BCUT2D eigenvalue weighted by atomic mass is 16.3. The normalized spacial score (nSPS) is 19.2. The smallest absolute Gasteiger partial charge is 0.0992 e. The first-order valence-electron chi connectivity index (χ1n) is 5.58. The molecule has 1 aliphatic heterocycles. The van der Waals surface area contributed by atoms with Crippen molar-refractivity contribution in [3.63, 3.8) is 0 Å². The molecule has 0 aromatic heterocycles. The molecule has 0 radical (unpaired) electrons. The molecule has 1 aromatic carbocycles. The average Bonchev–Trinajstić information content (AvgIpc) is 2.29. The molecule has 0 unspecified atom stereocenters. The van der Waals surface area contributed by atoms with E-state index >= 15 is 0 Å². The Hall–Kier alpha value is -1.53. The molecule has 0 atom stereocenters. The lowest BCUT2D eigenvalue weighted by molar-refractivity contribution is 0.0351. The van der Waals surface area contributed by atoms with Crippen LogP contribution in [-0.4, -0.2) is 23.8 Å². The third kappa shape index (κ3) is 2.34. The molecule has 0 bridgehead atoms. The van der Waals surface area contributed by atoms with Crippen molar-refractivity contribution in [1.82, 2.24) is 0 Å². The fourth-order valence-electron chi connectivity index (χ4n) is 2.02. The van der Waals surface area contributed by atoms with Gasteiger partial charge in [0, 0.05) is 18.8 Å². The molecular weight excluding hydrogens is 200 g/mol. The van der Waals surface area contributed by atoms with E-state index in [-0.39, 0.29) is 0 Å². The monoisotopic (exact) mass is 216 g/mol. The Morgan fingerprint density at radius 2 is 2.06 bits per heavy atom. The highest BCUT2D eigenvalue weighted by Crippen LogP contribution is 2.26. The van der Waals surface area contributed by atoms with E-state index in [1.807, 2.05) is 31.2 Å². The van der Waals surface area contributed by atoms with Crippen LogP contribution in [0.1, 0.15) is 25.3 Å². The second-order valence-electron chi connectivity index (χ2n) is 4.65. The van der Waals surface area contributed by atoms with E-state index in [1.165, 1.54) is 0 Å². The average molecular weight is 216 g/mol. The maximum atomic E-state index is 9.86. The van der Waals surface area contributed by atoms with Gasteiger partial charge in [-0.25, -0.2) is 0 Å². The van der Waals surface area contributed by atoms with Crippen molar-refractivity contribution in [2.75, 3.05) is 18.0 Å². The van der Waals surface area contributed by atoms with Gasteiger partial charge in [0.1, 0.15) is 0 Å². The lowest BCUT2D eigenvalue weighted by Gasteiger charge is -2.37. The third-order valence-corrected chi connectivity index (χ3v) is 3.18. The Kier molecular flexibility index (Phi) is 2.84. The van der Waals surface area contributed by atoms with E-state index in [0.717, 1.165) is 31.6 Å². The summed E-state index contributed by atoms with van der Waals surface area (Å²) >= 11 is 0. The second-order valence-corrected chi connectivity index (χ2v) is 4.65. The van der Waals surface area contributed by atoms with Crippen molar-refractivity contribution >= 4 is 5.69 Å². The van der Waals surface area contributed by atoms with Crippen LogP contribution in [0.2, 0.25) is 0 Å². The van der Waals surface area contributed by atoms with Crippen molar-refractivity contribution in [1.29, 1.82) is 5.26 Å². The standard InChI is InChI=1S/C13H16N2O/c1-13(16)5-7-15(8-6-13)12-4-2-3-11(9-12)10-14/h2-4,9,16H,5-8H2,1H3. The zero-order valence-electron chi connectivity index (χ0n) is 9.48. The van der Waals surface area contributed by atoms with Crippen LogP contribution in [0.25, 0.3) is 0 Å². The molecule has 16 heavy (non-hydrogen) atoms. The summed E-state index contributed by atoms with van der Waals surface area (Å²) in [5, 5.41) is 18.7. The van der Waals surface area contributed by atoms with Crippen LogP contribution in [0.5, 0.6) is 0 Å². The summed E-state index contributed by atoms with van der Waals surface area (Å²) < 4.78 is 0. The molecular formula is C13H16N2O. The number of nitrogens with zero attached hydrogens (tertiary/aromatic N) is 2. The number of nitriles is 1. The van der Waals surface area contributed by atoms with Gasteiger partial charge in [0.2, 0.25) is 0 Å². The fourth-order valence-corrected chi connectivity index (χ4v) is 2.02. The largest absolute Gasteiger partial charge is 0.390 e. The highest BCUT2D eigenvalue weighted by molar-refractivity contribution is 5.51. The predicted molar refractivity (Wildman–Crippen MR) is 63.2 cm³/mol. The maximum Gasteiger partial charge on any atom is 0.0992 e. The van der Waals surface area contributed by atoms with Crippen LogP contribution in [0.15, 0.2) is 24.3 Å². The summed E-state index contributed by atoms with van der Waals surface area (Å²) in [4.78, 5) is 2.22. The van der Waals surface area contributed by atoms with Crippen molar-refractivity contribution in [2.45, 2.75) is 25.4 Å². The highest BCUT2D eigenvalue weighted by Gasteiger charge is 2.27. The Morgan fingerprint density at radius 3 is 2.69 bits per heavy atom. The molecule has 1 N–H and O–H groups in total. The minimum atomic E-state index is -0.524. The number of benzene rings is 1. The summed E-state index contributed by atoms with van der Waals surface area (Å²) in [7, 11) is 0. The van der Waals surface area contributed by atoms with Crippen molar-refractivity contribution < 1.29 is 5.11 Å². The topological polar surface area (TPSA) is 47.3 Å². The fraction of sp³-hybridized carbons (Fsp3) is 0.462. The van der Waals surface area contributed by atoms with E-state index in [2.05, 4.69) is 11.0 Å². The SMILES string of the molecule is CC1(O)CCN(c2cccc(C#N)c2)CC1. The van der Waals surface area contributed by atoms with Gasteiger partial charge >= 0.3 is 0 Å². The van der Waals surface area contributed by atoms with E-state index < -0.39 is 5.60 Å². The van der Waals surface area contributed by atoms with Gasteiger partial charge in [-0.05, 0) is 38.0 Å². The molecule has 84 valence electrons. The maximum absolute atomic E-state index is 9.86. The molecule has 1 aromatic rings. The summed E-state index contributed by atoms with van der Waals surface area (Å²) in [5.41, 5.74) is 1.24. The second kappa shape index (κ2) is 4.15. The molecule has 0 spiro atoms. The minimum absolute atomic E-state index is 0.524. The molecule has 1 aliphatic rings. The first-order valence-corrected chi connectivity index (χ1v) is 5.58. The number of piperidine rings is 1. The van der Waals surface area contributed by atoms with Crippen LogP contribution in [-0.2, 0) is 0 Å². The number of anilines is 1. The van der Waals surface area contributed by atoms with Gasteiger partial charge in [-0.2, -0.15) is 5.26 Å². The first-order chi connectivity index (χ1) is 7.61. The van der Waals surface area contributed by atoms with Crippen molar-refractivity contribution in [3.8, 4) is 6.07 Å². The molecule has 0 saturated carbocycles. The van der Waals surface area contributed by atoms with E-state index in [0.29, 0.717) is 5.56 Å². The van der Waals surface area contributed by atoms with Gasteiger partial charge < -0.3 is 10.0 Å². The number of rotatable bonds is 1. The van der Waals surface area contributed by atoms with Crippen molar-refractivity contribution in [3.05, 3.63) is 29.8 Å². The van der Waals surface area contributed by atoms with E-state index in [4.69, 9.17) is 5.26 Å². The molecule has 1 saturated heterocycles. The Bertz CT molecular complexity index is 410. The lowest BCUT2D eigenvalue weighted by Crippen LogP contribution is -2.42. The summed E-state index contributed by atoms with van der Waals surface area (Å²) in [6.45, 7) is 3.58. The number of hydrogen-bond acceptors (Lipinski definition) is 3. The first kappa shape index (κ1) is 11.0. The van der Waals surface area contributed by atoms with Gasteiger partial charge in [0.15, 0.2) is 0 Å². The molecule has 2 rings (SSSR count). The minimum Gasteiger partial charge on any atom is -0.390 e. The van der Waals surface area contributed by atoms with E-state index in [1.54, 1.807) is 0 Å². The van der Waals surface area contributed by atoms with Gasteiger partial charge in [-0.15, -0.1) is 0 Å². The molecule has 1 fully saturated rings. The molecule has 1 heterocycles. The van der Waals surface area contributed by atoms with Crippen LogP contribution in [0.4, 0.5) is 5.69 Å². The molecule has 0 aliphatic carbocycles. The number of hydrogen-bond donors (Lipinski definition) is 1. The lowest BCUT2D eigenvalue weighted by atomic mass is 9.93. The Balaban J connectivity index is 2.11. The Labute approximate surface area is 95.9 Å². The summed E-state index contributed by atoms with van der Waals surface area (Å²) in [6.07, 6.45) is 1.56.